The van der Waals surface area contributed by atoms with Gasteiger partial charge in [-0.05, 0) is 4.90 Å². The lowest BCUT2D eigenvalue weighted by Crippen LogP contribution is -2.27. The Hall–Kier alpha value is -1.10. The number of aromatic nitrogens is 2. The Morgan fingerprint density at radius 1 is 2.00 bits per heavy atom. The summed E-state index contributed by atoms with van der Waals surface area (Å²) < 4.78 is 4.01. The number of hydrogen-bond acceptors (Lipinski definition) is 4. The maximum absolute atomic E-state index is 10.2. The zero-order valence-electron chi connectivity index (χ0n) is 3.94. The zero-order valence-corrected chi connectivity index (χ0v) is 3.94. The van der Waals surface area contributed by atoms with Crippen molar-refractivity contribution in [2.45, 2.75) is 6.61 Å². The van der Waals surface area contributed by atoms with Gasteiger partial charge in [0.25, 0.3) is 0 Å². The van der Waals surface area contributed by atoms with Crippen LogP contribution in [0.4, 0.5) is 0 Å². The molecule has 0 fully saturated rings. The second kappa shape index (κ2) is 1.79. The molecule has 0 spiro atoms. The number of aliphatic hydroxyl groups is 1. The number of nitrogens with zero attached hydrogens (tertiary/aromatic N) is 2. The zero-order chi connectivity index (χ0) is 5.98. The van der Waals surface area contributed by atoms with Crippen molar-refractivity contribution in [1.29, 1.82) is 0 Å². The van der Waals surface area contributed by atoms with Gasteiger partial charge in [-0.25, -0.2) is 0 Å². The predicted octanol–water partition coefficient (Wildman–Crippen LogP) is -1.20. The maximum atomic E-state index is 10.2. The molecule has 1 N–H and O–H groups in total. The number of aliphatic hydroxyl groups excluding tert-OH is 1. The van der Waals surface area contributed by atoms with E-state index in [1.807, 2.05) is 0 Å². The first-order valence-electron chi connectivity index (χ1n) is 1.99. The Labute approximate surface area is 44.7 Å². The van der Waals surface area contributed by atoms with Crippen LogP contribution in [-0.2, 0) is 6.61 Å². The van der Waals surface area contributed by atoms with Crippen LogP contribution in [0.5, 0.6) is 0 Å². The summed E-state index contributed by atoms with van der Waals surface area (Å²) in [6, 6.07) is 0. The Morgan fingerprint density at radius 2 is 2.75 bits per heavy atom. The van der Waals surface area contributed by atoms with Gasteiger partial charge in [-0.15, -0.1) is 0 Å². The third kappa shape index (κ3) is 0.627. The van der Waals surface area contributed by atoms with Crippen LogP contribution in [0.3, 0.4) is 0 Å². The van der Waals surface area contributed by atoms with Crippen LogP contribution in [0.15, 0.2) is 10.8 Å². The van der Waals surface area contributed by atoms with Crippen molar-refractivity contribution < 1.29 is 14.6 Å². The minimum Gasteiger partial charge on any atom is -0.388 e. The Kier molecular flexibility index (Phi) is 1.13. The highest BCUT2D eigenvalue weighted by atomic mass is 16.8. The molecule has 1 aromatic heterocycles. The monoisotopic (exact) mass is 116 g/mol. The fourth-order valence-corrected chi connectivity index (χ4v) is 0.325. The highest BCUT2D eigenvalue weighted by molar-refractivity contribution is 4.78. The van der Waals surface area contributed by atoms with E-state index < -0.39 is 0 Å². The SMILES string of the molecule is [O-][n+]1oncc1CO. The molecule has 0 aromatic carbocycles. The van der Waals surface area contributed by atoms with Crippen LogP contribution in [0.2, 0.25) is 0 Å². The molecule has 0 aliphatic heterocycles. The lowest BCUT2D eigenvalue weighted by molar-refractivity contribution is -0.809. The average molecular weight is 116 g/mol. The fourth-order valence-electron chi connectivity index (χ4n) is 0.325. The van der Waals surface area contributed by atoms with Gasteiger partial charge in [0.15, 0.2) is 0 Å². The van der Waals surface area contributed by atoms with Crippen molar-refractivity contribution in [2.75, 3.05) is 0 Å². The molecule has 0 radical (unpaired) electrons. The normalized spacial score (nSPS) is 9.62. The van der Waals surface area contributed by atoms with E-state index in [0.29, 0.717) is 0 Å². The van der Waals surface area contributed by atoms with Crippen LogP contribution in [0, 0.1) is 5.21 Å². The molecule has 0 atom stereocenters. The molecule has 1 heterocycles. The molecule has 5 heteroatoms. The molecule has 0 amide bonds. The summed E-state index contributed by atoms with van der Waals surface area (Å²) in [4.78, 5) is 0.153. The Bertz CT molecular complexity index is 173. The third-order valence-electron chi connectivity index (χ3n) is 0.720. The minimum absolute atomic E-state index is 0.116. The lowest BCUT2D eigenvalue weighted by atomic mass is 10.5. The first-order valence-corrected chi connectivity index (χ1v) is 1.99. The van der Waals surface area contributed by atoms with Crippen LogP contribution in [-0.4, -0.2) is 10.3 Å². The van der Waals surface area contributed by atoms with Gasteiger partial charge in [0, 0.05) is 5.16 Å². The topological polar surface area (TPSA) is 73.2 Å². The van der Waals surface area contributed by atoms with E-state index in [1.165, 1.54) is 0 Å². The molecule has 0 unspecified atom stereocenters. The van der Waals surface area contributed by atoms with Gasteiger partial charge in [-0.2, -0.15) is 0 Å². The molecule has 0 aliphatic rings. The average Bonchev–Trinajstić information content (AvgIpc) is 2.14. The molecule has 0 bridgehead atoms. The smallest absolute Gasteiger partial charge is 0.220 e. The highest BCUT2D eigenvalue weighted by Crippen LogP contribution is 1.83. The molecule has 44 valence electrons. The van der Waals surface area contributed by atoms with Crippen molar-refractivity contribution >= 4 is 0 Å². The minimum atomic E-state index is -0.340. The largest absolute Gasteiger partial charge is 0.388 e. The summed E-state index contributed by atoms with van der Waals surface area (Å²) in [5, 5.41) is 21.6. The van der Waals surface area contributed by atoms with E-state index in [0.717, 1.165) is 6.20 Å². The van der Waals surface area contributed by atoms with E-state index in [2.05, 4.69) is 9.79 Å². The predicted molar refractivity (Wildman–Crippen MR) is 21.4 cm³/mol. The molecular formula is C3H4N2O3. The summed E-state index contributed by atoms with van der Waals surface area (Å²) in [7, 11) is 0. The van der Waals surface area contributed by atoms with Crippen molar-refractivity contribution in [3.05, 3.63) is 17.1 Å². The summed E-state index contributed by atoms with van der Waals surface area (Å²) in [5.74, 6) is 0. The van der Waals surface area contributed by atoms with Gasteiger partial charge in [-0.3, -0.25) is 4.63 Å². The van der Waals surface area contributed by atoms with Crippen LogP contribution in [0.1, 0.15) is 5.69 Å². The van der Waals surface area contributed by atoms with Gasteiger partial charge in [-0.1, -0.05) is 0 Å². The highest BCUT2D eigenvalue weighted by Gasteiger charge is 2.01. The van der Waals surface area contributed by atoms with Crippen LogP contribution < -0.4 is 4.90 Å². The molecule has 5 nitrogen and oxygen atoms in total. The lowest BCUT2D eigenvalue weighted by Gasteiger charge is -1.85. The summed E-state index contributed by atoms with van der Waals surface area (Å²) in [6.07, 6.45) is 1.16. The van der Waals surface area contributed by atoms with Crippen LogP contribution in [0.25, 0.3) is 0 Å². The molecule has 0 saturated heterocycles. The van der Waals surface area contributed by atoms with Gasteiger partial charge in [0.1, 0.15) is 6.61 Å². The second-order valence-electron chi connectivity index (χ2n) is 1.22. The van der Waals surface area contributed by atoms with E-state index in [1.54, 1.807) is 0 Å². The van der Waals surface area contributed by atoms with Gasteiger partial charge < -0.3 is 10.3 Å². The number of rotatable bonds is 1. The van der Waals surface area contributed by atoms with Gasteiger partial charge in [0.05, 0.1) is 0 Å². The first kappa shape index (κ1) is 5.04. The standard InChI is InChI=1S/C3H4N2O3/c6-2-3-1-4-8-5(3)7/h1,6H,2H2. The van der Waals surface area contributed by atoms with E-state index in [-0.39, 0.29) is 17.2 Å². The Balaban J connectivity index is 2.92. The molecule has 1 rings (SSSR count). The van der Waals surface area contributed by atoms with Gasteiger partial charge >= 0.3 is 0 Å². The summed E-state index contributed by atoms with van der Waals surface area (Å²) in [6.45, 7) is -0.340. The summed E-state index contributed by atoms with van der Waals surface area (Å²) in [5.41, 5.74) is 0.116. The molecule has 0 aliphatic carbocycles. The maximum Gasteiger partial charge on any atom is 0.220 e. The fraction of sp³-hybridized carbons (Fsp3) is 0.333. The molecule has 8 heavy (non-hydrogen) atoms. The number of hydrogen-bond donors (Lipinski definition) is 1. The van der Waals surface area contributed by atoms with Crippen molar-refractivity contribution in [3.63, 3.8) is 0 Å². The Morgan fingerprint density at radius 3 is 3.00 bits per heavy atom. The molecule has 0 saturated carbocycles. The van der Waals surface area contributed by atoms with Crippen LogP contribution >= 0.6 is 0 Å². The van der Waals surface area contributed by atoms with Crippen molar-refractivity contribution in [2.24, 2.45) is 0 Å². The van der Waals surface area contributed by atoms with Crippen molar-refractivity contribution in [1.82, 2.24) is 5.16 Å². The van der Waals surface area contributed by atoms with E-state index in [9.17, 15) is 5.21 Å². The molecular weight excluding hydrogens is 112 g/mol. The quantitative estimate of drug-likeness (QED) is 0.468. The second-order valence-corrected chi connectivity index (χ2v) is 1.22. The van der Waals surface area contributed by atoms with E-state index in [4.69, 9.17) is 5.11 Å². The summed E-state index contributed by atoms with van der Waals surface area (Å²) >= 11 is 0. The van der Waals surface area contributed by atoms with E-state index >= 15 is 0 Å². The first-order chi connectivity index (χ1) is 3.84. The molecule has 1 aromatic rings. The third-order valence-corrected chi connectivity index (χ3v) is 0.720. The van der Waals surface area contributed by atoms with Crippen molar-refractivity contribution in [3.8, 4) is 0 Å². The van der Waals surface area contributed by atoms with Gasteiger partial charge in [0.2, 0.25) is 11.9 Å².